The van der Waals surface area contributed by atoms with E-state index in [0.29, 0.717) is 15.9 Å². The lowest BCUT2D eigenvalue weighted by Crippen LogP contribution is -2.35. The summed E-state index contributed by atoms with van der Waals surface area (Å²) in [6, 6.07) is 10.9. The lowest BCUT2D eigenvalue weighted by molar-refractivity contribution is -0.116. The fraction of sp³-hybridized carbons (Fsp3) is 0.176. The first-order valence-corrected chi connectivity index (χ1v) is 7.84. The van der Waals surface area contributed by atoms with Gasteiger partial charge in [-0.2, -0.15) is 0 Å². The molecule has 0 spiro atoms. The summed E-state index contributed by atoms with van der Waals surface area (Å²) in [7, 11) is 2.99. The van der Waals surface area contributed by atoms with E-state index >= 15 is 0 Å². The third-order valence-electron chi connectivity index (χ3n) is 3.26. The van der Waals surface area contributed by atoms with Crippen LogP contribution >= 0.6 is 15.9 Å². The molecule has 0 heterocycles. The molecule has 2 rings (SSSR count). The van der Waals surface area contributed by atoms with E-state index in [0.717, 1.165) is 4.90 Å². The molecule has 7 heteroatoms. The number of methoxy groups -OCH3 is 1. The van der Waals surface area contributed by atoms with Crippen LogP contribution in [-0.4, -0.2) is 37.4 Å². The van der Waals surface area contributed by atoms with E-state index in [1.54, 1.807) is 37.4 Å². The second-order valence-electron chi connectivity index (χ2n) is 5.06. The van der Waals surface area contributed by atoms with E-state index < -0.39 is 11.7 Å². The van der Waals surface area contributed by atoms with Gasteiger partial charge in [0.15, 0.2) is 0 Å². The van der Waals surface area contributed by atoms with Crippen LogP contribution in [0.4, 0.5) is 10.1 Å². The maximum atomic E-state index is 13.8. The molecule has 0 aromatic heterocycles. The lowest BCUT2D eigenvalue weighted by atomic mass is 10.2. The number of benzene rings is 2. The smallest absolute Gasteiger partial charge is 0.257 e. The van der Waals surface area contributed by atoms with Crippen LogP contribution in [-0.2, 0) is 4.79 Å². The number of hydrogen-bond donors (Lipinski definition) is 1. The van der Waals surface area contributed by atoms with Crippen molar-refractivity contribution in [3.8, 4) is 5.75 Å². The monoisotopic (exact) mass is 394 g/mol. The highest BCUT2D eigenvalue weighted by Gasteiger charge is 2.18. The van der Waals surface area contributed by atoms with Gasteiger partial charge in [0, 0.05) is 17.2 Å². The van der Waals surface area contributed by atoms with Crippen LogP contribution in [0.25, 0.3) is 0 Å². The zero-order chi connectivity index (χ0) is 17.7. The van der Waals surface area contributed by atoms with E-state index in [1.807, 2.05) is 0 Å². The Hall–Kier alpha value is -2.41. The predicted octanol–water partition coefficient (Wildman–Crippen LogP) is 3.31. The Morgan fingerprint density at radius 3 is 2.46 bits per heavy atom. The standard InChI is InChI=1S/C17H16BrFN2O3/c1-21(17(23)14-8-3-11(18)9-15(14)19)10-16(22)20-12-4-6-13(24-2)7-5-12/h3-9H,10H2,1-2H3,(H,20,22). The summed E-state index contributed by atoms with van der Waals surface area (Å²) in [5.41, 5.74) is 0.495. The number of rotatable bonds is 5. The molecule has 2 aromatic carbocycles. The molecule has 0 saturated carbocycles. The third-order valence-corrected chi connectivity index (χ3v) is 3.76. The number of halogens is 2. The molecule has 1 N–H and O–H groups in total. The quantitative estimate of drug-likeness (QED) is 0.845. The van der Waals surface area contributed by atoms with Gasteiger partial charge in [-0.3, -0.25) is 9.59 Å². The van der Waals surface area contributed by atoms with Gasteiger partial charge in [-0.15, -0.1) is 0 Å². The molecule has 24 heavy (non-hydrogen) atoms. The van der Waals surface area contributed by atoms with Gasteiger partial charge < -0.3 is 15.0 Å². The molecule has 0 unspecified atom stereocenters. The van der Waals surface area contributed by atoms with Gasteiger partial charge in [0.05, 0.1) is 19.2 Å². The van der Waals surface area contributed by atoms with Gasteiger partial charge in [-0.05, 0) is 42.5 Å². The molecule has 0 atom stereocenters. The number of nitrogens with one attached hydrogen (secondary N) is 1. The summed E-state index contributed by atoms with van der Waals surface area (Å²) < 4.78 is 19.4. The highest BCUT2D eigenvalue weighted by atomic mass is 79.9. The largest absolute Gasteiger partial charge is 0.497 e. The zero-order valence-corrected chi connectivity index (χ0v) is 14.8. The second-order valence-corrected chi connectivity index (χ2v) is 5.98. The van der Waals surface area contributed by atoms with Gasteiger partial charge in [-0.25, -0.2) is 4.39 Å². The van der Waals surface area contributed by atoms with Crippen molar-refractivity contribution in [1.29, 1.82) is 0 Å². The minimum Gasteiger partial charge on any atom is -0.497 e. The predicted molar refractivity (Wildman–Crippen MR) is 92.7 cm³/mol. The van der Waals surface area contributed by atoms with E-state index in [2.05, 4.69) is 21.2 Å². The summed E-state index contributed by atoms with van der Waals surface area (Å²) in [5, 5.41) is 2.66. The van der Waals surface area contributed by atoms with Gasteiger partial charge in [0.2, 0.25) is 5.91 Å². The SMILES string of the molecule is COc1ccc(NC(=O)CN(C)C(=O)c2ccc(Br)cc2F)cc1. The molecule has 0 aliphatic rings. The summed E-state index contributed by atoms with van der Waals surface area (Å²) in [5.74, 6) is -0.916. The average Bonchev–Trinajstić information content (AvgIpc) is 2.54. The molecule has 2 amide bonds. The number of carbonyl (C=O) groups excluding carboxylic acids is 2. The molecule has 0 fully saturated rings. The Labute approximate surface area is 147 Å². The van der Waals surface area contributed by atoms with Crippen LogP contribution in [0.2, 0.25) is 0 Å². The summed E-state index contributed by atoms with van der Waals surface area (Å²) in [4.78, 5) is 25.4. The van der Waals surface area contributed by atoms with Gasteiger partial charge >= 0.3 is 0 Å². The maximum absolute atomic E-state index is 13.8. The van der Waals surface area contributed by atoms with Crippen LogP contribution in [0.15, 0.2) is 46.9 Å². The van der Waals surface area contributed by atoms with Gasteiger partial charge in [0.1, 0.15) is 11.6 Å². The van der Waals surface area contributed by atoms with Crippen molar-refractivity contribution in [1.82, 2.24) is 4.90 Å². The summed E-state index contributed by atoms with van der Waals surface area (Å²) >= 11 is 3.13. The number of anilines is 1. The first kappa shape index (κ1) is 17.9. The minimum atomic E-state index is -0.642. The van der Waals surface area contributed by atoms with Crippen molar-refractivity contribution in [3.63, 3.8) is 0 Å². The number of nitrogens with zero attached hydrogens (tertiary/aromatic N) is 1. The maximum Gasteiger partial charge on any atom is 0.257 e. The first-order valence-electron chi connectivity index (χ1n) is 7.05. The van der Waals surface area contributed by atoms with Crippen LogP contribution < -0.4 is 10.1 Å². The summed E-state index contributed by atoms with van der Waals surface area (Å²) in [6.07, 6.45) is 0. The molecule has 126 valence electrons. The topological polar surface area (TPSA) is 58.6 Å². The van der Waals surface area contributed by atoms with Crippen LogP contribution in [0.1, 0.15) is 10.4 Å². The Morgan fingerprint density at radius 2 is 1.88 bits per heavy atom. The molecular weight excluding hydrogens is 379 g/mol. The Balaban J connectivity index is 1.98. The fourth-order valence-corrected chi connectivity index (χ4v) is 2.36. The fourth-order valence-electron chi connectivity index (χ4n) is 2.03. The second kappa shape index (κ2) is 7.92. The van der Waals surface area contributed by atoms with Crippen molar-refractivity contribution < 1.29 is 18.7 Å². The molecule has 0 radical (unpaired) electrons. The van der Waals surface area contributed by atoms with Crippen molar-refractivity contribution in [3.05, 3.63) is 58.3 Å². The molecule has 0 aliphatic heterocycles. The molecule has 0 bridgehead atoms. The highest BCUT2D eigenvalue weighted by Crippen LogP contribution is 2.17. The average molecular weight is 395 g/mol. The number of carbonyl (C=O) groups is 2. The summed E-state index contributed by atoms with van der Waals surface area (Å²) in [6.45, 7) is -0.194. The number of likely N-dealkylation sites (N-methyl/N-ethyl adjacent to an activating group) is 1. The van der Waals surface area contributed by atoms with Crippen LogP contribution in [0.5, 0.6) is 5.75 Å². The highest BCUT2D eigenvalue weighted by molar-refractivity contribution is 9.10. The molecular formula is C17H16BrFN2O3. The number of amides is 2. The normalized spacial score (nSPS) is 10.2. The third kappa shape index (κ3) is 4.55. The lowest BCUT2D eigenvalue weighted by Gasteiger charge is -2.17. The van der Waals surface area contributed by atoms with Crippen LogP contribution in [0, 0.1) is 5.82 Å². The number of hydrogen-bond acceptors (Lipinski definition) is 3. The number of ether oxygens (including phenoxy) is 1. The Morgan fingerprint density at radius 1 is 1.21 bits per heavy atom. The minimum absolute atomic E-state index is 0.0852. The van der Waals surface area contributed by atoms with Crippen molar-refractivity contribution in [2.24, 2.45) is 0 Å². The van der Waals surface area contributed by atoms with E-state index in [1.165, 1.54) is 19.2 Å². The van der Waals surface area contributed by atoms with Crippen molar-refractivity contribution in [2.45, 2.75) is 0 Å². The molecule has 2 aromatic rings. The molecule has 0 aliphatic carbocycles. The Kier molecular flexibility index (Phi) is 5.92. The van der Waals surface area contributed by atoms with Crippen LogP contribution in [0.3, 0.4) is 0 Å². The first-order chi connectivity index (χ1) is 11.4. The van der Waals surface area contributed by atoms with E-state index in [9.17, 15) is 14.0 Å². The molecule has 5 nitrogen and oxygen atoms in total. The zero-order valence-electron chi connectivity index (χ0n) is 13.2. The van der Waals surface area contributed by atoms with E-state index in [-0.39, 0.29) is 18.0 Å². The van der Waals surface area contributed by atoms with Crippen molar-refractivity contribution in [2.75, 3.05) is 26.0 Å². The van der Waals surface area contributed by atoms with Gasteiger partial charge in [0.25, 0.3) is 5.91 Å². The van der Waals surface area contributed by atoms with Crippen molar-refractivity contribution >= 4 is 33.4 Å². The Bertz CT molecular complexity index is 750. The molecule has 0 saturated heterocycles. The van der Waals surface area contributed by atoms with E-state index in [4.69, 9.17) is 4.74 Å². The van der Waals surface area contributed by atoms with Gasteiger partial charge in [-0.1, -0.05) is 15.9 Å².